The number of aliphatic imine (C=N–C) groups is 1. The molecule has 1 aromatic heterocycles. The quantitative estimate of drug-likeness (QED) is 0.257. The zero-order chi connectivity index (χ0) is 18.9. The highest BCUT2D eigenvalue weighted by Gasteiger charge is 2.12. The van der Waals surface area contributed by atoms with E-state index in [1.165, 1.54) is 6.33 Å². The van der Waals surface area contributed by atoms with E-state index in [4.69, 9.17) is 9.47 Å². The molecule has 0 amide bonds. The summed E-state index contributed by atoms with van der Waals surface area (Å²) >= 11 is 0. The maximum absolute atomic E-state index is 5.47. The van der Waals surface area contributed by atoms with Crippen LogP contribution in [0.15, 0.2) is 36.1 Å². The summed E-state index contributed by atoms with van der Waals surface area (Å²) in [6.45, 7) is 4.92. The molecule has 0 bridgehead atoms. The number of nitrogens with one attached hydrogen (secondary N) is 2. The SMILES string of the molecule is C=CCc1cc(CNC(=NC)NCc2ncnn2C)cc(OC)c1OC.I. The van der Waals surface area contributed by atoms with Gasteiger partial charge in [-0.15, -0.1) is 30.6 Å². The molecule has 1 heterocycles. The van der Waals surface area contributed by atoms with E-state index in [0.717, 1.165) is 22.7 Å². The highest BCUT2D eigenvalue weighted by atomic mass is 127. The van der Waals surface area contributed by atoms with E-state index in [2.05, 4.69) is 38.4 Å². The number of halogens is 1. The van der Waals surface area contributed by atoms with Gasteiger partial charge in [0.1, 0.15) is 12.2 Å². The van der Waals surface area contributed by atoms with Crippen LogP contribution in [0.3, 0.4) is 0 Å². The Morgan fingerprint density at radius 3 is 2.56 bits per heavy atom. The van der Waals surface area contributed by atoms with Crippen molar-refractivity contribution in [2.75, 3.05) is 21.3 Å². The van der Waals surface area contributed by atoms with Crippen LogP contribution in [-0.4, -0.2) is 42.0 Å². The summed E-state index contributed by atoms with van der Waals surface area (Å²) in [5.41, 5.74) is 2.08. The van der Waals surface area contributed by atoms with Gasteiger partial charge in [0.15, 0.2) is 17.5 Å². The van der Waals surface area contributed by atoms with Crippen LogP contribution in [0, 0.1) is 0 Å². The largest absolute Gasteiger partial charge is 0.493 e. The van der Waals surface area contributed by atoms with E-state index < -0.39 is 0 Å². The van der Waals surface area contributed by atoms with Crippen molar-refractivity contribution in [3.8, 4) is 11.5 Å². The molecule has 148 valence electrons. The molecule has 0 atom stereocenters. The summed E-state index contributed by atoms with van der Waals surface area (Å²) in [4.78, 5) is 8.41. The second-order valence-electron chi connectivity index (χ2n) is 5.56. The first kappa shape index (κ1) is 22.7. The minimum Gasteiger partial charge on any atom is -0.493 e. The molecule has 0 radical (unpaired) electrons. The van der Waals surface area contributed by atoms with Gasteiger partial charge in [-0.2, -0.15) is 5.10 Å². The molecule has 0 aliphatic carbocycles. The lowest BCUT2D eigenvalue weighted by atomic mass is 10.1. The van der Waals surface area contributed by atoms with Gasteiger partial charge in [0.2, 0.25) is 0 Å². The highest BCUT2D eigenvalue weighted by Crippen LogP contribution is 2.33. The molecule has 8 nitrogen and oxygen atoms in total. The van der Waals surface area contributed by atoms with E-state index in [-0.39, 0.29) is 24.0 Å². The Bertz CT molecular complexity index is 775. The summed E-state index contributed by atoms with van der Waals surface area (Å²) in [5, 5.41) is 10.6. The van der Waals surface area contributed by atoms with Crippen molar-refractivity contribution < 1.29 is 9.47 Å². The molecule has 2 N–H and O–H groups in total. The van der Waals surface area contributed by atoms with Crippen LogP contribution in [0.2, 0.25) is 0 Å². The summed E-state index contributed by atoms with van der Waals surface area (Å²) in [6.07, 6.45) is 4.07. The molecule has 2 rings (SSSR count). The minimum absolute atomic E-state index is 0. The molecule has 0 fully saturated rings. The van der Waals surface area contributed by atoms with E-state index in [1.54, 1.807) is 25.9 Å². The zero-order valence-electron chi connectivity index (χ0n) is 16.2. The fraction of sp³-hybridized carbons (Fsp3) is 0.389. The van der Waals surface area contributed by atoms with E-state index >= 15 is 0 Å². The van der Waals surface area contributed by atoms with Crippen molar-refractivity contribution in [2.45, 2.75) is 19.5 Å². The molecule has 0 unspecified atom stereocenters. The van der Waals surface area contributed by atoms with Crippen molar-refractivity contribution in [1.82, 2.24) is 25.4 Å². The lowest BCUT2D eigenvalue weighted by molar-refractivity contribution is 0.352. The smallest absolute Gasteiger partial charge is 0.191 e. The third-order valence-corrected chi connectivity index (χ3v) is 3.88. The van der Waals surface area contributed by atoms with Gasteiger partial charge in [-0.25, -0.2) is 4.98 Å². The first-order valence-corrected chi connectivity index (χ1v) is 8.25. The number of guanidine groups is 1. The predicted molar refractivity (Wildman–Crippen MR) is 117 cm³/mol. The third kappa shape index (κ3) is 6.12. The monoisotopic (exact) mass is 486 g/mol. The molecule has 0 saturated carbocycles. The molecule has 0 spiro atoms. The van der Waals surface area contributed by atoms with Gasteiger partial charge in [-0.05, 0) is 24.1 Å². The molecule has 0 aliphatic heterocycles. The molecule has 9 heteroatoms. The summed E-state index contributed by atoms with van der Waals surface area (Å²) in [7, 11) is 6.85. The Labute approximate surface area is 177 Å². The number of benzene rings is 1. The maximum Gasteiger partial charge on any atom is 0.191 e. The number of methoxy groups -OCH3 is 2. The Kier molecular flexibility index (Phi) is 9.62. The molecular formula is C18H27IN6O2. The van der Waals surface area contributed by atoms with Crippen molar-refractivity contribution in [3.63, 3.8) is 0 Å². The van der Waals surface area contributed by atoms with Gasteiger partial charge in [0.25, 0.3) is 0 Å². The molecular weight excluding hydrogens is 459 g/mol. The molecule has 0 aliphatic rings. The molecule has 27 heavy (non-hydrogen) atoms. The topological polar surface area (TPSA) is 85.6 Å². The van der Waals surface area contributed by atoms with Crippen molar-refractivity contribution in [1.29, 1.82) is 0 Å². The highest BCUT2D eigenvalue weighted by molar-refractivity contribution is 14.0. The van der Waals surface area contributed by atoms with Crippen molar-refractivity contribution in [3.05, 3.63) is 48.1 Å². The van der Waals surface area contributed by atoms with E-state index in [0.29, 0.717) is 31.2 Å². The summed E-state index contributed by atoms with van der Waals surface area (Å²) < 4.78 is 12.6. The number of ether oxygens (including phenoxy) is 2. The van der Waals surface area contributed by atoms with E-state index in [1.807, 2.05) is 19.2 Å². The van der Waals surface area contributed by atoms with Crippen LogP contribution in [0.4, 0.5) is 0 Å². The second kappa shape index (κ2) is 11.4. The first-order valence-electron chi connectivity index (χ1n) is 8.25. The number of aryl methyl sites for hydroxylation is 1. The Morgan fingerprint density at radius 1 is 1.26 bits per heavy atom. The number of rotatable bonds is 8. The van der Waals surface area contributed by atoms with Crippen LogP contribution in [0.1, 0.15) is 17.0 Å². The predicted octanol–water partition coefficient (Wildman–Crippen LogP) is 2.04. The van der Waals surface area contributed by atoms with Gasteiger partial charge >= 0.3 is 0 Å². The Balaban J connectivity index is 0.00000364. The number of hydrogen-bond donors (Lipinski definition) is 2. The lowest BCUT2D eigenvalue weighted by Gasteiger charge is -2.16. The van der Waals surface area contributed by atoms with E-state index in [9.17, 15) is 0 Å². The van der Waals surface area contributed by atoms with Crippen molar-refractivity contribution in [2.24, 2.45) is 12.0 Å². The zero-order valence-corrected chi connectivity index (χ0v) is 18.5. The average Bonchev–Trinajstić information content (AvgIpc) is 3.06. The van der Waals surface area contributed by atoms with Crippen LogP contribution in [-0.2, 0) is 26.6 Å². The molecule has 1 aromatic carbocycles. The number of allylic oxidation sites excluding steroid dienone is 1. The fourth-order valence-corrected chi connectivity index (χ4v) is 2.57. The Morgan fingerprint density at radius 2 is 2.00 bits per heavy atom. The minimum atomic E-state index is 0. The summed E-state index contributed by atoms with van der Waals surface area (Å²) in [5.74, 6) is 2.94. The van der Waals surface area contributed by atoms with Crippen LogP contribution < -0.4 is 20.1 Å². The molecule has 0 saturated heterocycles. The first-order chi connectivity index (χ1) is 12.6. The molecule has 2 aromatic rings. The average molecular weight is 486 g/mol. The number of aromatic nitrogens is 3. The van der Waals surface area contributed by atoms with Gasteiger partial charge in [-0.1, -0.05) is 6.08 Å². The van der Waals surface area contributed by atoms with Gasteiger partial charge in [0, 0.05) is 26.2 Å². The van der Waals surface area contributed by atoms with Crippen LogP contribution in [0.25, 0.3) is 0 Å². The summed E-state index contributed by atoms with van der Waals surface area (Å²) in [6, 6.07) is 4.03. The van der Waals surface area contributed by atoms with Gasteiger partial charge in [-0.3, -0.25) is 9.67 Å². The van der Waals surface area contributed by atoms with Crippen LogP contribution in [0.5, 0.6) is 11.5 Å². The third-order valence-electron chi connectivity index (χ3n) is 3.88. The Hall–Kier alpha value is -2.30. The maximum atomic E-state index is 5.47. The van der Waals surface area contributed by atoms with Crippen LogP contribution >= 0.6 is 24.0 Å². The lowest BCUT2D eigenvalue weighted by Crippen LogP contribution is -2.37. The van der Waals surface area contributed by atoms with Gasteiger partial charge in [0.05, 0.1) is 20.8 Å². The number of nitrogens with zero attached hydrogens (tertiary/aromatic N) is 4. The van der Waals surface area contributed by atoms with Crippen molar-refractivity contribution >= 4 is 29.9 Å². The normalized spacial score (nSPS) is 10.7. The fourth-order valence-electron chi connectivity index (χ4n) is 2.57. The van der Waals surface area contributed by atoms with Gasteiger partial charge < -0.3 is 20.1 Å². The number of hydrogen-bond acceptors (Lipinski definition) is 5. The second-order valence-corrected chi connectivity index (χ2v) is 5.56. The standard InChI is InChI=1S/C18H26N6O2.HI/c1-6-7-14-8-13(9-15(25-4)17(14)26-5)10-20-18(19-2)21-11-16-22-12-23-24(16)3;/h6,8-9,12H,1,7,10-11H2,2-5H3,(H2,19,20,21);1H.